The number of halogens is 1. The molecule has 1 aromatic carbocycles. The number of pyridine rings is 1. The van der Waals surface area contributed by atoms with Crippen LogP contribution in [0.3, 0.4) is 0 Å². The van der Waals surface area contributed by atoms with E-state index in [1.807, 2.05) is 30.3 Å². The summed E-state index contributed by atoms with van der Waals surface area (Å²) in [6.45, 7) is 0. The maximum absolute atomic E-state index is 6.08. The SMILES string of the molecule is Clc1cccc2c1Sc1ncccc1O2. The van der Waals surface area contributed by atoms with Crippen molar-refractivity contribution in [2.24, 2.45) is 0 Å². The number of benzene rings is 1. The molecule has 1 aromatic heterocycles. The fourth-order valence-electron chi connectivity index (χ4n) is 1.41. The fourth-order valence-corrected chi connectivity index (χ4v) is 2.59. The molecule has 0 radical (unpaired) electrons. The highest BCUT2D eigenvalue weighted by Gasteiger charge is 2.20. The normalized spacial score (nSPS) is 12.6. The molecule has 0 aliphatic carbocycles. The number of aromatic nitrogens is 1. The standard InChI is InChI=1S/C11H6ClNOS/c12-7-3-1-4-8-10(7)15-11-9(14-8)5-2-6-13-11/h1-6H. The van der Waals surface area contributed by atoms with Crippen molar-refractivity contribution < 1.29 is 4.74 Å². The van der Waals surface area contributed by atoms with Crippen LogP contribution in [0, 0.1) is 0 Å². The maximum atomic E-state index is 6.08. The number of hydrogen-bond donors (Lipinski definition) is 0. The fraction of sp³-hybridized carbons (Fsp3) is 0. The van der Waals surface area contributed by atoms with Crippen molar-refractivity contribution in [2.45, 2.75) is 9.92 Å². The number of nitrogens with zero attached hydrogens (tertiary/aromatic N) is 1. The summed E-state index contributed by atoms with van der Waals surface area (Å²) in [5.41, 5.74) is 0. The molecule has 2 nitrogen and oxygen atoms in total. The van der Waals surface area contributed by atoms with Crippen LogP contribution in [0.1, 0.15) is 0 Å². The molecule has 2 aromatic rings. The van der Waals surface area contributed by atoms with Gasteiger partial charge in [0.1, 0.15) is 10.8 Å². The van der Waals surface area contributed by atoms with E-state index in [1.165, 1.54) is 0 Å². The third-order valence-corrected chi connectivity index (χ3v) is 3.64. The average Bonchev–Trinajstić information content (AvgIpc) is 2.27. The van der Waals surface area contributed by atoms with Crippen LogP contribution in [-0.4, -0.2) is 4.98 Å². The lowest BCUT2D eigenvalue weighted by Gasteiger charge is -2.18. The van der Waals surface area contributed by atoms with E-state index in [1.54, 1.807) is 18.0 Å². The minimum Gasteiger partial charge on any atom is -0.453 e. The molecule has 4 heteroatoms. The van der Waals surface area contributed by atoms with Gasteiger partial charge in [-0.15, -0.1) is 0 Å². The Kier molecular flexibility index (Phi) is 2.08. The predicted molar refractivity (Wildman–Crippen MR) is 59.9 cm³/mol. The van der Waals surface area contributed by atoms with Crippen molar-refractivity contribution in [3.05, 3.63) is 41.6 Å². The zero-order chi connectivity index (χ0) is 10.3. The number of rotatable bonds is 0. The summed E-state index contributed by atoms with van der Waals surface area (Å²) in [5.74, 6) is 1.59. The molecule has 0 fully saturated rings. The van der Waals surface area contributed by atoms with Gasteiger partial charge in [0.2, 0.25) is 0 Å². The summed E-state index contributed by atoms with van der Waals surface area (Å²) >= 11 is 7.62. The molecule has 0 amide bonds. The monoisotopic (exact) mass is 235 g/mol. The zero-order valence-electron chi connectivity index (χ0n) is 7.61. The van der Waals surface area contributed by atoms with Gasteiger partial charge in [-0.05, 0) is 24.3 Å². The smallest absolute Gasteiger partial charge is 0.160 e. The summed E-state index contributed by atoms with van der Waals surface area (Å²) in [7, 11) is 0. The van der Waals surface area contributed by atoms with Gasteiger partial charge < -0.3 is 4.74 Å². The molecule has 15 heavy (non-hydrogen) atoms. The highest BCUT2D eigenvalue weighted by Crippen LogP contribution is 2.48. The summed E-state index contributed by atoms with van der Waals surface area (Å²) in [6.07, 6.45) is 1.75. The minimum atomic E-state index is 0.703. The number of ether oxygens (including phenoxy) is 1. The van der Waals surface area contributed by atoms with Crippen LogP contribution in [0.4, 0.5) is 0 Å². The Balaban J connectivity index is 2.15. The van der Waals surface area contributed by atoms with Crippen molar-refractivity contribution in [3.63, 3.8) is 0 Å². The Labute approximate surface area is 96.2 Å². The lowest BCUT2D eigenvalue weighted by Crippen LogP contribution is -1.96. The van der Waals surface area contributed by atoms with E-state index >= 15 is 0 Å². The first-order valence-electron chi connectivity index (χ1n) is 4.44. The van der Waals surface area contributed by atoms with Gasteiger partial charge >= 0.3 is 0 Å². The van der Waals surface area contributed by atoms with Crippen LogP contribution < -0.4 is 4.74 Å². The van der Waals surface area contributed by atoms with Gasteiger partial charge in [0, 0.05) is 6.20 Å². The third-order valence-electron chi connectivity index (χ3n) is 2.09. The van der Waals surface area contributed by atoms with Crippen molar-refractivity contribution in [1.82, 2.24) is 4.98 Å². The van der Waals surface area contributed by atoms with E-state index in [4.69, 9.17) is 16.3 Å². The van der Waals surface area contributed by atoms with Gasteiger partial charge in [0.25, 0.3) is 0 Å². The first-order chi connectivity index (χ1) is 7.34. The molecular weight excluding hydrogens is 230 g/mol. The summed E-state index contributed by atoms with van der Waals surface area (Å²) in [4.78, 5) is 5.17. The highest BCUT2D eigenvalue weighted by molar-refractivity contribution is 7.99. The molecule has 0 unspecified atom stereocenters. The lowest BCUT2D eigenvalue weighted by molar-refractivity contribution is 0.449. The van der Waals surface area contributed by atoms with E-state index in [-0.39, 0.29) is 0 Å². The third kappa shape index (κ3) is 1.48. The second-order valence-electron chi connectivity index (χ2n) is 3.08. The first kappa shape index (κ1) is 9.07. The van der Waals surface area contributed by atoms with E-state index in [2.05, 4.69) is 4.98 Å². The number of fused-ring (bicyclic) bond motifs is 2. The highest BCUT2D eigenvalue weighted by atomic mass is 35.5. The average molecular weight is 236 g/mol. The molecule has 0 atom stereocenters. The molecule has 0 N–H and O–H groups in total. The Morgan fingerprint density at radius 3 is 2.93 bits per heavy atom. The minimum absolute atomic E-state index is 0.703. The molecule has 74 valence electrons. The molecule has 0 saturated carbocycles. The Bertz CT molecular complexity index is 530. The lowest BCUT2D eigenvalue weighted by atomic mass is 10.3. The summed E-state index contributed by atoms with van der Waals surface area (Å²) in [5, 5.41) is 1.56. The van der Waals surface area contributed by atoms with Gasteiger partial charge in [-0.3, -0.25) is 0 Å². The van der Waals surface area contributed by atoms with Crippen molar-refractivity contribution in [2.75, 3.05) is 0 Å². The summed E-state index contributed by atoms with van der Waals surface area (Å²) < 4.78 is 5.69. The van der Waals surface area contributed by atoms with E-state index in [9.17, 15) is 0 Å². The first-order valence-corrected chi connectivity index (χ1v) is 5.63. The van der Waals surface area contributed by atoms with E-state index in [0.717, 1.165) is 21.4 Å². The molecule has 0 spiro atoms. The second kappa shape index (κ2) is 3.43. The second-order valence-corrected chi connectivity index (χ2v) is 4.48. The van der Waals surface area contributed by atoms with E-state index < -0.39 is 0 Å². The maximum Gasteiger partial charge on any atom is 0.160 e. The van der Waals surface area contributed by atoms with Crippen LogP contribution in [0.15, 0.2) is 46.5 Å². The largest absolute Gasteiger partial charge is 0.453 e. The number of hydrogen-bond acceptors (Lipinski definition) is 3. The topological polar surface area (TPSA) is 22.1 Å². The Hall–Kier alpha value is -1.19. The molecule has 0 saturated heterocycles. The zero-order valence-corrected chi connectivity index (χ0v) is 9.18. The van der Waals surface area contributed by atoms with Gasteiger partial charge in [-0.25, -0.2) is 4.98 Å². The quantitative estimate of drug-likeness (QED) is 0.588. The van der Waals surface area contributed by atoms with E-state index in [0.29, 0.717) is 5.02 Å². The summed E-state index contributed by atoms with van der Waals surface area (Å²) in [6, 6.07) is 9.39. The predicted octanol–water partition coefficient (Wildman–Crippen LogP) is 3.99. The molecule has 1 aliphatic rings. The van der Waals surface area contributed by atoms with Gasteiger partial charge in [0.15, 0.2) is 5.75 Å². The molecule has 1 aliphatic heterocycles. The van der Waals surface area contributed by atoms with Crippen molar-refractivity contribution >= 4 is 23.4 Å². The van der Waals surface area contributed by atoms with Crippen molar-refractivity contribution in [3.8, 4) is 11.5 Å². The Morgan fingerprint density at radius 2 is 2.00 bits per heavy atom. The van der Waals surface area contributed by atoms with Crippen LogP contribution in [0.5, 0.6) is 11.5 Å². The van der Waals surface area contributed by atoms with Crippen LogP contribution in [-0.2, 0) is 0 Å². The van der Waals surface area contributed by atoms with Gasteiger partial charge in [-0.1, -0.05) is 29.4 Å². The molecule has 2 heterocycles. The van der Waals surface area contributed by atoms with Crippen molar-refractivity contribution in [1.29, 1.82) is 0 Å². The Morgan fingerprint density at radius 1 is 1.13 bits per heavy atom. The van der Waals surface area contributed by atoms with Crippen LogP contribution >= 0.6 is 23.4 Å². The van der Waals surface area contributed by atoms with Gasteiger partial charge in [-0.2, -0.15) is 0 Å². The van der Waals surface area contributed by atoms with Crippen LogP contribution in [0.2, 0.25) is 5.02 Å². The van der Waals surface area contributed by atoms with Gasteiger partial charge in [0.05, 0.1) is 9.92 Å². The van der Waals surface area contributed by atoms with Crippen LogP contribution in [0.25, 0.3) is 0 Å². The molecular formula is C11H6ClNOS. The molecule has 0 bridgehead atoms. The molecule has 3 rings (SSSR count).